The van der Waals surface area contributed by atoms with Crippen molar-refractivity contribution in [2.45, 2.75) is 19.4 Å². The molecule has 1 unspecified atom stereocenters. The van der Waals surface area contributed by atoms with Crippen LogP contribution in [0.25, 0.3) is 0 Å². The molecule has 0 saturated carbocycles. The molecule has 4 heteroatoms. The first-order valence-electron chi connectivity index (χ1n) is 4.06. The van der Waals surface area contributed by atoms with Gasteiger partial charge in [0.25, 0.3) is 0 Å². The maximum absolute atomic E-state index is 11.1. The number of carbonyl (C=O) groups is 1. The lowest BCUT2D eigenvalue weighted by molar-refractivity contribution is 0.0606. The van der Waals surface area contributed by atoms with E-state index >= 15 is 0 Å². The van der Waals surface area contributed by atoms with Gasteiger partial charge in [-0.25, -0.2) is 4.79 Å². The minimum atomic E-state index is -0.277. The number of hydrogen-bond donors (Lipinski definition) is 1. The first-order chi connectivity index (χ1) is 6.13. The number of rotatable bonds is 3. The summed E-state index contributed by atoms with van der Waals surface area (Å²) in [6, 6.07) is 3.82. The topological polar surface area (TPSA) is 52.3 Å². The maximum Gasteiger partial charge on any atom is 0.348 e. The highest BCUT2D eigenvalue weighted by atomic mass is 32.1. The van der Waals surface area contributed by atoms with Gasteiger partial charge in [-0.3, -0.25) is 0 Å². The number of hydrogen-bond acceptors (Lipinski definition) is 4. The van der Waals surface area contributed by atoms with Gasteiger partial charge in [-0.15, -0.1) is 11.3 Å². The van der Waals surface area contributed by atoms with Crippen LogP contribution < -0.4 is 5.73 Å². The molecule has 1 atom stereocenters. The zero-order valence-electron chi connectivity index (χ0n) is 7.74. The van der Waals surface area contributed by atoms with Gasteiger partial charge in [0.15, 0.2) is 0 Å². The van der Waals surface area contributed by atoms with Crippen molar-refractivity contribution >= 4 is 17.3 Å². The van der Waals surface area contributed by atoms with Gasteiger partial charge >= 0.3 is 5.97 Å². The zero-order valence-corrected chi connectivity index (χ0v) is 8.56. The summed E-state index contributed by atoms with van der Waals surface area (Å²) in [7, 11) is 1.38. The molecular weight excluding hydrogens is 186 g/mol. The fraction of sp³-hybridized carbons (Fsp3) is 0.444. The molecule has 1 aromatic rings. The number of methoxy groups -OCH3 is 1. The van der Waals surface area contributed by atoms with Gasteiger partial charge in [0.2, 0.25) is 0 Å². The van der Waals surface area contributed by atoms with E-state index in [1.165, 1.54) is 18.4 Å². The van der Waals surface area contributed by atoms with Gasteiger partial charge in [0.1, 0.15) is 4.88 Å². The molecule has 0 amide bonds. The molecule has 0 aliphatic heterocycles. The molecule has 13 heavy (non-hydrogen) atoms. The summed E-state index contributed by atoms with van der Waals surface area (Å²) in [5.41, 5.74) is 5.63. The minimum Gasteiger partial charge on any atom is -0.465 e. The molecule has 1 rings (SSSR count). The molecule has 0 aliphatic rings. The first-order valence-corrected chi connectivity index (χ1v) is 4.87. The lowest BCUT2D eigenvalue weighted by atomic mass is 10.2. The van der Waals surface area contributed by atoms with Crippen molar-refractivity contribution in [1.29, 1.82) is 0 Å². The number of thiophene rings is 1. The van der Waals surface area contributed by atoms with E-state index in [4.69, 9.17) is 5.73 Å². The van der Waals surface area contributed by atoms with Gasteiger partial charge in [-0.1, -0.05) is 0 Å². The van der Waals surface area contributed by atoms with Gasteiger partial charge in [0.05, 0.1) is 7.11 Å². The Labute approximate surface area is 81.5 Å². The van der Waals surface area contributed by atoms with E-state index in [9.17, 15) is 4.79 Å². The maximum atomic E-state index is 11.1. The van der Waals surface area contributed by atoms with E-state index in [1.807, 2.05) is 13.0 Å². The fourth-order valence-corrected chi connectivity index (χ4v) is 2.08. The summed E-state index contributed by atoms with van der Waals surface area (Å²) in [4.78, 5) is 12.8. The second-order valence-corrected chi connectivity index (χ2v) is 4.11. The molecule has 0 aliphatic carbocycles. The average molecular weight is 199 g/mol. The number of ether oxygens (including phenoxy) is 1. The van der Waals surface area contributed by atoms with E-state index in [0.29, 0.717) is 4.88 Å². The van der Waals surface area contributed by atoms with Gasteiger partial charge in [-0.2, -0.15) is 0 Å². The van der Waals surface area contributed by atoms with Crippen molar-refractivity contribution in [3.63, 3.8) is 0 Å². The van der Waals surface area contributed by atoms with E-state index in [1.54, 1.807) is 6.07 Å². The van der Waals surface area contributed by atoms with Crippen LogP contribution in [0.1, 0.15) is 21.5 Å². The van der Waals surface area contributed by atoms with Crippen molar-refractivity contribution < 1.29 is 9.53 Å². The summed E-state index contributed by atoms with van der Waals surface area (Å²) in [5.74, 6) is -0.277. The fourth-order valence-electron chi connectivity index (χ4n) is 1.02. The molecule has 0 saturated heterocycles. The van der Waals surface area contributed by atoms with Gasteiger partial charge in [0, 0.05) is 10.9 Å². The molecule has 3 nitrogen and oxygen atoms in total. The smallest absolute Gasteiger partial charge is 0.348 e. The molecule has 0 radical (unpaired) electrons. The van der Waals surface area contributed by atoms with Crippen molar-refractivity contribution in [2.75, 3.05) is 7.11 Å². The molecule has 1 heterocycles. The third kappa shape index (κ3) is 2.82. The predicted molar refractivity (Wildman–Crippen MR) is 53.0 cm³/mol. The lowest BCUT2D eigenvalue weighted by Gasteiger charge is -2.00. The molecule has 2 N–H and O–H groups in total. The SMILES string of the molecule is COC(=O)c1ccc(CC(C)N)s1. The summed E-state index contributed by atoms with van der Waals surface area (Å²) >= 11 is 1.44. The van der Waals surface area contributed by atoms with Crippen LogP contribution in [0.3, 0.4) is 0 Å². The Morgan fingerprint density at radius 2 is 2.38 bits per heavy atom. The van der Waals surface area contributed by atoms with Crippen molar-refractivity contribution in [1.82, 2.24) is 0 Å². The van der Waals surface area contributed by atoms with Crippen LogP contribution >= 0.6 is 11.3 Å². The molecule has 0 spiro atoms. The quantitative estimate of drug-likeness (QED) is 0.749. The third-order valence-electron chi connectivity index (χ3n) is 1.57. The number of nitrogens with two attached hydrogens (primary N) is 1. The normalized spacial score (nSPS) is 12.5. The third-order valence-corrected chi connectivity index (χ3v) is 2.66. The summed E-state index contributed by atoms with van der Waals surface area (Å²) in [6.45, 7) is 1.94. The monoisotopic (exact) mass is 199 g/mol. The number of esters is 1. The van der Waals surface area contributed by atoms with Crippen molar-refractivity contribution in [3.8, 4) is 0 Å². The van der Waals surface area contributed by atoms with Crippen molar-refractivity contribution in [2.24, 2.45) is 5.73 Å². The first kappa shape index (κ1) is 10.2. The Balaban J connectivity index is 2.69. The molecule has 0 aromatic carbocycles. The second kappa shape index (κ2) is 4.39. The Hall–Kier alpha value is -0.870. The largest absolute Gasteiger partial charge is 0.465 e. The van der Waals surface area contributed by atoms with Crippen LogP contribution in [0.2, 0.25) is 0 Å². The molecule has 72 valence electrons. The van der Waals surface area contributed by atoms with E-state index in [-0.39, 0.29) is 12.0 Å². The molecule has 0 fully saturated rings. The van der Waals surface area contributed by atoms with E-state index in [0.717, 1.165) is 11.3 Å². The Bertz CT molecular complexity index is 294. The van der Waals surface area contributed by atoms with Crippen LogP contribution in [0.15, 0.2) is 12.1 Å². The van der Waals surface area contributed by atoms with Crippen LogP contribution in [0, 0.1) is 0 Å². The second-order valence-electron chi connectivity index (χ2n) is 2.94. The highest BCUT2D eigenvalue weighted by Gasteiger charge is 2.09. The van der Waals surface area contributed by atoms with Crippen LogP contribution in [0.5, 0.6) is 0 Å². The van der Waals surface area contributed by atoms with Crippen LogP contribution in [-0.4, -0.2) is 19.1 Å². The molecule has 1 aromatic heterocycles. The van der Waals surface area contributed by atoms with Gasteiger partial charge in [-0.05, 0) is 25.5 Å². The minimum absolute atomic E-state index is 0.129. The Morgan fingerprint density at radius 3 is 2.92 bits per heavy atom. The Kier molecular flexibility index (Phi) is 3.45. The van der Waals surface area contributed by atoms with Crippen LogP contribution in [0.4, 0.5) is 0 Å². The number of carbonyl (C=O) groups excluding carboxylic acids is 1. The Morgan fingerprint density at radius 1 is 1.69 bits per heavy atom. The average Bonchev–Trinajstić information content (AvgIpc) is 2.50. The standard InChI is InChI=1S/C9H13NO2S/c1-6(10)5-7-3-4-8(13-7)9(11)12-2/h3-4,6H,5,10H2,1-2H3. The van der Waals surface area contributed by atoms with Crippen molar-refractivity contribution in [3.05, 3.63) is 21.9 Å². The summed E-state index contributed by atoms with van der Waals surface area (Å²) < 4.78 is 4.59. The molecular formula is C9H13NO2S. The predicted octanol–water partition coefficient (Wildman–Crippen LogP) is 1.42. The van der Waals surface area contributed by atoms with E-state index in [2.05, 4.69) is 4.74 Å². The zero-order chi connectivity index (χ0) is 9.84. The van der Waals surface area contributed by atoms with E-state index < -0.39 is 0 Å². The van der Waals surface area contributed by atoms with Gasteiger partial charge < -0.3 is 10.5 Å². The van der Waals surface area contributed by atoms with Crippen LogP contribution in [-0.2, 0) is 11.2 Å². The summed E-state index contributed by atoms with van der Waals surface area (Å²) in [6.07, 6.45) is 0.807. The highest BCUT2D eigenvalue weighted by molar-refractivity contribution is 7.13. The lowest BCUT2D eigenvalue weighted by Crippen LogP contribution is -2.16. The summed E-state index contributed by atoms with van der Waals surface area (Å²) in [5, 5.41) is 0. The molecule has 0 bridgehead atoms. The highest BCUT2D eigenvalue weighted by Crippen LogP contribution is 2.18.